The van der Waals surface area contributed by atoms with Crippen LogP contribution in [0.4, 0.5) is 4.39 Å². The summed E-state index contributed by atoms with van der Waals surface area (Å²) in [7, 11) is 1.38. The lowest BCUT2D eigenvalue weighted by molar-refractivity contribution is 0.283. The maximum absolute atomic E-state index is 14.1. The average Bonchev–Trinajstić information content (AvgIpc) is 2.44. The maximum atomic E-state index is 14.1. The highest BCUT2D eigenvalue weighted by molar-refractivity contribution is 9.10. The molecule has 3 N–H and O–H groups in total. The molecule has 0 aliphatic heterocycles. The Morgan fingerprint density at radius 3 is 2.58 bits per heavy atom. The Kier molecular flexibility index (Phi) is 4.36. The predicted molar refractivity (Wildman–Crippen MR) is 76.1 cm³/mol. The van der Waals surface area contributed by atoms with Crippen LogP contribution in [0, 0.1) is 5.82 Å². The van der Waals surface area contributed by atoms with E-state index in [-0.39, 0.29) is 16.9 Å². The van der Waals surface area contributed by atoms with Crippen molar-refractivity contribution in [3.63, 3.8) is 0 Å². The number of nitrogens with two attached hydrogens (primary N) is 1. The van der Waals surface area contributed by atoms with Crippen LogP contribution in [0.3, 0.4) is 0 Å². The summed E-state index contributed by atoms with van der Waals surface area (Å²) >= 11 is 3.30. The van der Waals surface area contributed by atoms with E-state index in [1.54, 1.807) is 6.07 Å². The molecule has 0 unspecified atom stereocenters. The quantitative estimate of drug-likeness (QED) is 0.891. The number of halogens is 2. The van der Waals surface area contributed by atoms with Gasteiger partial charge in [0.15, 0.2) is 11.5 Å². The topological polar surface area (TPSA) is 55.5 Å². The number of ether oxygens (including phenoxy) is 1. The van der Waals surface area contributed by atoms with Crippen molar-refractivity contribution in [1.82, 2.24) is 0 Å². The Labute approximate surface area is 121 Å². The lowest BCUT2D eigenvalue weighted by Gasteiger charge is -2.37. The fraction of sp³-hybridized carbons (Fsp3) is 0.571. The van der Waals surface area contributed by atoms with Crippen LogP contribution < -0.4 is 10.5 Å². The third-order valence-corrected chi connectivity index (χ3v) is 4.72. The van der Waals surface area contributed by atoms with Crippen molar-refractivity contribution in [1.29, 1.82) is 0 Å². The first-order valence-corrected chi connectivity index (χ1v) is 7.30. The summed E-state index contributed by atoms with van der Waals surface area (Å²) in [6.45, 7) is 0.415. The number of benzene rings is 1. The van der Waals surface area contributed by atoms with Crippen molar-refractivity contribution >= 4 is 15.9 Å². The number of rotatable bonds is 3. The van der Waals surface area contributed by atoms with E-state index >= 15 is 0 Å². The number of phenolic OH excluding ortho intramolecular Hbond substituents is 1. The van der Waals surface area contributed by atoms with E-state index in [1.807, 2.05) is 0 Å². The summed E-state index contributed by atoms with van der Waals surface area (Å²) in [6.07, 6.45) is 5.05. The molecule has 106 valence electrons. The van der Waals surface area contributed by atoms with Gasteiger partial charge in [0.05, 0.1) is 11.6 Å². The normalized spacial score (nSPS) is 18.3. The molecule has 0 spiro atoms. The van der Waals surface area contributed by atoms with Gasteiger partial charge in [-0.3, -0.25) is 0 Å². The Balaban J connectivity index is 2.55. The summed E-state index contributed by atoms with van der Waals surface area (Å²) in [5.41, 5.74) is 6.21. The molecule has 1 aliphatic carbocycles. The second kappa shape index (κ2) is 5.67. The maximum Gasteiger partial charge on any atom is 0.208 e. The van der Waals surface area contributed by atoms with Crippen LogP contribution in [0.15, 0.2) is 10.5 Å². The molecule has 3 nitrogen and oxygen atoms in total. The molecule has 0 bridgehead atoms. The molecule has 5 heteroatoms. The van der Waals surface area contributed by atoms with Crippen molar-refractivity contribution in [3.05, 3.63) is 21.9 Å². The molecule has 1 fully saturated rings. The highest BCUT2D eigenvalue weighted by Crippen LogP contribution is 2.47. The van der Waals surface area contributed by atoms with E-state index in [2.05, 4.69) is 15.9 Å². The Bertz CT molecular complexity index is 473. The number of hydrogen-bond acceptors (Lipinski definition) is 3. The minimum absolute atomic E-state index is 0.0317. The summed E-state index contributed by atoms with van der Waals surface area (Å²) in [6, 6.07) is 1.75. The zero-order valence-corrected chi connectivity index (χ0v) is 12.6. The highest BCUT2D eigenvalue weighted by atomic mass is 79.9. The van der Waals surface area contributed by atoms with Crippen molar-refractivity contribution in [2.45, 2.75) is 37.5 Å². The minimum Gasteiger partial charge on any atom is -0.505 e. The third kappa shape index (κ3) is 2.46. The molecule has 19 heavy (non-hydrogen) atoms. The Morgan fingerprint density at radius 1 is 1.42 bits per heavy atom. The second-order valence-corrected chi connectivity index (χ2v) is 6.00. The summed E-state index contributed by atoms with van der Waals surface area (Å²) in [5, 5.41) is 10.2. The van der Waals surface area contributed by atoms with Gasteiger partial charge >= 0.3 is 0 Å². The van der Waals surface area contributed by atoms with Gasteiger partial charge in [-0.05, 0) is 34.8 Å². The molecule has 1 aromatic rings. The molecule has 0 atom stereocenters. The number of aromatic hydroxyl groups is 1. The van der Waals surface area contributed by atoms with Gasteiger partial charge in [-0.25, -0.2) is 0 Å². The molecular weight excluding hydrogens is 313 g/mol. The van der Waals surface area contributed by atoms with Crippen LogP contribution in [0.25, 0.3) is 0 Å². The van der Waals surface area contributed by atoms with Crippen LogP contribution in [0.5, 0.6) is 11.5 Å². The first-order valence-electron chi connectivity index (χ1n) is 6.51. The number of phenols is 1. The van der Waals surface area contributed by atoms with Gasteiger partial charge in [-0.2, -0.15) is 4.39 Å². The molecule has 0 saturated heterocycles. The third-order valence-electron chi connectivity index (χ3n) is 4.13. The van der Waals surface area contributed by atoms with Gasteiger partial charge in [0, 0.05) is 17.5 Å². The van der Waals surface area contributed by atoms with Crippen molar-refractivity contribution in [2.75, 3.05) is 13.7 Å². The zero-order valence-electron chi connectivity index (χ0n) is 11.0. The van der Waals surface area contributed by atoms with E-state index in [4.69, 9.17) is 10.5 Å². The standard InChI is InChI=1S/C14H19BrFNO2/c1-19-13-10(15)7-9(12(18)11(13)16)14(8-17)5-3-2-4-6-14/h7,18H,2-6,8,17H2,1H3. The number of hydrogen-bond donors (Lipinski definition) is 2. The molecule has 0 radical (unpaired) electrons. The summed E-state index contributed by atoms with van der Waals surface area (Å²) in [4.78, 5) is 0. The van der Waals surface area contributed by atoms with E-state index in [0.29, 0.717) is 16.6 Å². The molecule has 1 aliphatic rings. The average molecular weight is 332 g/mol. The smallest absolute Gasteiger partial charge is 0.208 e. The van der Waals surface area contributed by atoms with Crippen LogP contribution in [-0.4, -0.2) is 18.8 Å². The van der Waals surface area contributed by atoms with Gasteiger partial charge in [0.2, 0.25) is 5.82 Å². The predicted octanol–water partition coefficient (Wildman–Crippen LogP) is 3.46. The molecule has 1 aromatic carbocycles. The first-order chi connectivity index (χ1) is 9.05. The zero-order chi connectivity index (χ0) is 14.0. The first kappa shape index (κ1) is 14.6. The largest absolute Gasteiger partial charge is 0.505 e. The molecule has 1 saturated carbocycles. The van der Waals surface area contributed by atoms with E-state index in [9.17, 15) is 9.50 Å². The van der Waals surface area contributed by atoms with Crippen molar-refractivity contribution in [2.24, 2.45) is 5.73 Å². The highest BCUT2D eigenvalue weighted by Gasteiger charge is 2.36. The monoisotopic (exact) mass is 331 g/mol. The van der Waals surface area contributed by atoms with Gasteiger partial charge in [0.1, 0.15) is 0 Å². The van der Waals surface area contributed by atoms with E-state index in [0.717, 1.165) is 25.7 Å². The van der Waals surface area contributed by atoms with Crippen molar-refractivity contribution < 1.29 is 14.2 Å². The summed E-state index contributed by atoms with van der Waals surface area (Å²) in [5.74, 6) is -1.01. The van der Waals surface area contributed by atoms with Gasteiger partial charge in [0.25, 0.3) is 0 Å². The van der Waals surface area contributed by atoms with Crippen LogP contribution in [0.1, 0.15) is 37.7 Å². The van der Waals surface area contributed by atoms with Crippen LogP contribution in [-0.2, 0) is 5.41 Å². The lowest BCUT2D eigenvalue weighted by Crippen LogP contribution is -2.37. The number of methoxy groups -OCH3 is 1. The summed E-state index contributed by atoms with van der Waals surface area (Å²) < 4.78 is 19.6. The molecule has 0 aromatic heterocycles. The second-order valence-electron chi connectivity index (χ2n) is 5.15. The van der Waals surface area contributed by atoms with Gasteiger partial charge in [-0.15, -0.1) is 0 Å². The fourth-order valence-electron chi connectivity index (χ4n) is 2.99. The molecular formula is C14H19BrFNO2. The van der Waals surface area contributed by atoms with Gasteiger partial charge in [-0.1, -0.05) is 19.3 Å². The van der Waals surface area contributed by atoms with Gasteiger partial charge < -0.3 is 15.6 Å². The minimum atomic E-state index is -0.717. The molecule has 0 amide bonds. The Morgan fingerprint density at radius 2 is 2.05 bits per heavy atom. The van der Waals surface area contributed by atoms with E-state index in [1.165, 1.54) is 13.5 Å². The SMILES string of the molecule is COc1c(Br)cc(C2(CN)CCCCC2)c(O)c1F. The fourth-order valence-corrected chi connectivity index (χ4v) is 3.56. The molecule has 0 heterocycles. The lowest BCUT2D eigenvalue weighted by atomic mass is 9.69. The van der Waals surface area contributed by atoms with Crippen LogP contribution in [0.2, 0.25) is 0 Å². The van der Waals surface area contributed by atoms with E-state index < -0.39 is 5.82 Å². The molecule has 2 rings (SSSR count). The Hall–Kier alpha value is -0.810. The van der Waals surface area contributed by atoms with Crippen LogP contribution >= 0.6 is 15.9 Å². The van der Waals surface area contributed by atoms with Crippen molar-refractivity contribution in [3.8, 4) is 11.5 Å².